The molecule has 0 saturated heterocycles. The fourth-order valence-corrected chi connectivity index (χ4v) is 2.96. The Hall–Kier alpha value is -1.40. The summed E-state index contributed by atoms with van der Waals surface area (Å²) in [6, 6.07) is 4.50. The molecule has 0 spiro atoms. The van der Waals surface area contributed by atoms with Gasteiger partial charge in [0.25, 0.3) is 0 Å². The lowest BCUT2D eigenvalue weighted by atomic mass is 9.91. The minimum Gasteiger partial charge on any atom is -0.333 e. The van der Waals surface area contributed by atoms with Gasteiger partial charge in [-0.2, -0.15) is 0 Å². The van der Waals surface area contributed by atoms with Gasteiger partial charge in [0.2, 0.25) is 0 Å². The molecule has 1 aliphatic rings. The Bertz CT molecular complexity index is 549. The summed E-state index contributed by atoms with van der Waals surface area (Å²) in [4.78, 5) is 7.91. The molecule has 0 unspecified atom stereocenters. The van der Waals surface area contributed by atoms with Gasteiger partial charge in [0.15, 0.2) is 5.16 Å². The van der Waals surface area contributed by atoms with Crippen LogP contribution in [0.25, 0.3) is 11.0 Å². The van der Waals surface area contributed by atoms with E-state index in [1.54, 1.807) is 11.8 Å². The lowest BCUT2D eigenvalue weighted by molar-refractivity contribution is 0.687. The zero-order valence-electron chi connectivity index (χ0n) is 9.62. The van der Waals surface area contributed by atoms with E-state index in [0.717, 1.165) is 16.2 Å². The van der Waals surface area contributed by atoms with E-state index in [-0.39, 0.29) is 0 Å². The number of aromatic amines is 1. The summed E-state index contributed by atoms with van der Waals surface area (Å²) >= 11 is 1.59. The monoisotopic (exact) mass is 242 g/mol. The van der Waals surface area contributed by atoms with Crippen LogP contribution in [0.5, 0.6) is 0 Å². The van der Waals surface area contributed by atoms with Crippen molar-refractivity contribution in [3.05, 3.63) is 23.3 Å². The van der Waals surface area contributed by atoms with Crippen LogP contribution in [0.4, 0.5) is 0 Å². The molecule has 1 aliphatic carbocycles. The predicted octanol–water partition coefficient (Wildman–Crippen LogP) is 3.17. The van der Waals surface area contributed by atoms with Gasteiger partial charge in [-0.25, -0.2) is 4.98 Å². The molecule has 0 fully saturated rings. The summed E-state index contributed by atoms with van der Waals surface area (Å²) in [5.74, 6) is 3.28. The largest absolute Gasteiger partial charge is 0.333 e. The Labute approximate surface area is 105 Å². The number of aromatic nitrogens is 2. The molecular formula is C14H14N2S. The highest BCUT2D eigenvalue weighted by Gasteiger charge is 2.12. The number of benzene rings is 1. The summed E-state index contributed by atoms with van der Waals surface area (Å²) in [6.07, 6.45) is 10.3. The highest BCUT2D eigenvalue weighted by molar-refractivity contribution is 7.99. The van der Waals surface area contributed by atoms with Crippen molar-refractivity contribution in [2.75, 3.05) is 5.75 Å². The number of terminal acetylenes is 1. The number of rotatable bonds is 2. The first-order valence-corrected chi connectivity index (χ1v) is 6.93. The number of imidazole rings is 1. The number of nitrogens with one attached hydrogen (secondary N) is 1. The van der Waals surface area contributed by atoms with Crippen LogP contribution in [0.2, 0.25) is 0 Å². The first kappa shape index (κ1) is 10.7. The topological polar surface area (TPSA) is 28.7 Å². The highest BCUT2D eigenvalue weighted by Crippen LogP contribution is 2.27. The molecule has 1 N–H and O–H groups in total. The summed E-state index contributed by atoms with van der Waals surface area (Å²) < 4.78 is 0. The summed E-state index contributed by atoms with van der Waals surface area (Å²) in [5.41, 5.74) is 5.18. The SMILES string of the molecule is C#CCSc1nc2cc3c(cc2[nH]1)CCCC3. The standard InChI is InChI=1S/C14H14N2S/c1-2-7-17-14-15-12-8-10-5-3-4-6-11(10)9-13(12)16-14/h1,8-9H,3-7H2,(H,15,16). The van der Waals surface area contributed by atoms with Gasteiger partial charge >= 0.3 is 0 Å². The van der Waals surface area contributed by atoms with E-state index in [0.29, 0.717) is 5.75 Å². The molecule has 0 bridgehead atoms. The van der Waals surface area contributed by atoms with E-state index in [9.17, 15) is 0 Å². The smallest absolute Gasteiger partial charge is 0.167 e. The minimum atomic E-state index is 0.666. The van der Waals surface area contributed by atoms with Gasteiger partial charge in [-0.15, -0.1) is 6.42 Å². The summed E-state index contributed by atoms with van der Waals surface area (Å²) in [7, 11) is 0. The molecule has 0 aliphatic heterocycles. The van der Waals surface area contributed by atoms with E-state index >= 15 is 0 Å². The number of hydrogen-bond donors (Lipinski definition) is 1. The lowest BCUT2D eigenvalue weighted by Crippen LogP contribution is -2.01. The number of nitrogens with zero attached hydrogens (tertiary/aromatic N) is 1. The van der Waals surface area contributed by atoms with E-state index < -0.39 is 0 Å². The number of aryl methyl sites for hydroxylation is 2. The van der Waals surface area contributed by atoms with Crippen molar-refractivity contribution in [2.45, 2.75) is 30.8 Å². The fourth-order valence-electron chi connectivity index (χ4n) is 2.40. The highest BCUT2D eigenvalue weighted by atomic mass is 32.2. The molecule has 0 saturated carbocycles. The molecular weight excluding hydrogens is 228 g/mol. The molecule has 0 atom stereocenters. The fraction of sp³-hybridized carbons (Fsp3) is 0.357. The first-order valence-electron chi connectivity index (χ1n) is 5.94. The molecule has 0 amide bonds. The van der Waals surface area contributed by atoms with Gasteiger partial charge in [-0.1, -0.05) is 17.7 Å². The van der Waals surface area contributed by atoms with Crippen molar-refractivity contribution < 1.29 is 0 Å². The quantitative estimate of drug-likeness (QED) is 0.647. The first-order chi connectivity index (χ1) is 8.36. The minimum absolute atomic E-state index is 0.666. The van der Waals surface area contributed by atoms with Gasteiger partial charge in [-0.05, 0) is 48.9 Å². The second kappa shape index (κ2) is 4.46. The van der Waals surface area contributed by atoms with Crippen LogP contribution < -0.4 is 0 Å². The van der Waals surface area contributed by atoms with Gasteiger partial charge in [0.05, 0.1) is 16.8 Å². The van der Waals surface area contributed by atoms with Gasteiger partial charge in [0.1, 0.15) is 0 Å². The molecule has 1 aromatic heterocycles. The van der Waals surface area contributed by atoms with Crippen molar-refractivity contribution in [3.63, 3.8) is 0 Å². The Morgan fingerprint density at radius 1 is 1.29 bits per heavy atom. The molecule has 2 nitrogen and oxygen atoms in total. The third kappa shape index (κ3) is 2.05. The summed E-state index contributed by atoms with van der Waals surface area (Å²) in [5, 5.41) is 0.931. The van der Waals surface area contributed by atoms with Crippen LogP contribution in [-0.2, 0) is 12.8 Å². The van der Waals surface area contributed by atoms with Crippen molar-refractivity contribution in [1.82, 2.24) is 9.97 Å². The molecule has 17 heavy (non-hydrogen) atoms. The van der Waals surface area contributed by atoms with Crippen molar-refractivity contribution >= 4 is 22.8 Å². The maximum atomic E-state index is 5.26. The maximum absolute atomic E-state index is 5.26. The molecule has 1 aromatic carbocycles. The zero-order chi connectivity index (χ0) is 11.7. The predicted molar refractivity (Wildman–Crippen MR) is 72.3 cm³/mol. The van der Waals surface area contributed by atoms with Crippen LogP contribution in [0.3, 0.4) is 0 Å². The molecule has 3 heteroatoms. The van der Waals surface area contributed by atoms with Gasteiger partial charge < -0.3 is 4.98 Å². The number of fused-ring (bicyclic) bond motifs is 2. The average Bonchev–Trinajstić information content (AvgIpc) is 2.75. The molecule has 0 radical (unpaired) electrons. The van der Waals surface area contributed by atoms with Crippen LogP contribution in [0.1, 0.15) is 24.0 Å². The Morgan fingerprint density at radius 3 is 2.82 bits per heavy atom. The Balaban J connectivity index is 2.01. The Morgan fingerprint density at radius 2 is 2.06 bits per heavy atom. The molecule has 86 valence electrons. The summed E-state index contributed by atoms with van der Waals surface area (Å²) in [6.45, 7) is 0. The van der Waals surface area contributed by atoms with Crippen LogP contribution in [-0.4, -0.2) is 15.7 Å². The third-order valence-corrected chi connectivity index (χ3v) is 3.99. The van der Waals surface area contributed by atoms with E-state index in [1.165, 1.54) is 36.8 Å². The molecule has 2 aromatic rings. The van der Waals surface area contributed by atoms with E-state index in [1.807, 2.05) is 0 Å². The second-order valence-electron chi connectivity index (χ2n) is 4.38. The van der Waals surface area contributed by atoms with Crippen molar-refractivity contribution in [3.8, 4) is 12.3 Å². The molecule has 3 rings (SSSR count). The lowest BCUT2D eigenvalue weighted by Gasteiger charge is -2.14. The van der Waals surface area contributed by atoms with E-state index in [4.69, 9.17) is 6.42 Å². The number of hydrogen-bond acceptors (Lipinski definition) is 2. The number of thioether (sulfide) groups is 1. The van der Waals surface area contributed by atoms with Gasteiger partial charge in [0, 0.05) is 0 Å². The molecule has 1 heterocycles. The number of H-pyrrole nitrogens is 1. The van der Waals surface area contributed by atoms with Gasteiger partial charge in [-0.3, -0.25) is 0 Å². The van der Waals surface area contributed by atoms with E-state index in [2.05, 4.69) is 28.0 Å². The maximum Gasteiger partial charge on any atom is 0.167 e. The normalized spacial score (nSPS) is 14.5. The van der Waals surface area contributed by atoms with Crippen LogP contribution in [0, 0.1) is 12.3 Å². The van der Waals surface area contributed by atoms with Crippen LogP contribution in [0.15, 0.2) is 17.3 Å². The third-order valence-electron chi connectivity index (χ3n) is 3.22. The zero-order valence-corrected chi connectivity index (χ0v) is 10.4. The second-order valence-corrected chi connectivity index (χ2v) is 5.34. The Kier molecular flexibility index (Phi) is 2.82. The van der Waals surface area contributed by atoms with Crippen LogP contribution >= 0.6 is 11.8 Å². The van der Waals surface area contributed by atoms with Crippen molar-refractivity contribution in [2.24, 2.45) is 0 Å². The van der Waals surface area contributed by atoms with Crippen molar-refractivity contribution in [1.29, 1.82) is 0 Å². The average molecular weight is 242 g/mol.